The molecule has 0 bridgehead atoms. The van der Waals surface area contributed by atoms with Crippen LogP contribution in [0, 0.1) is 0 Å². The Balaban J connectivity index is 2.26. The van der Waals surface area contributed by atoms with E-state index < -0.39 is 0 Å². The largest absolute Gasteiger partial charge is 0.313 e. The SMILES string of the molecule is CNC(Cc1ccc(Cl)cc1Cl)c1cc(Br)sc1Br. The van der Waals surface area contributed by atoms with Gasteiger partial charge in [0.25, 0.3) is 0 Å². The summed E-state index contributed by atoms with van der Waals surface area (Å²) in [5.41, 5.74) is 2.31. The topological polar surface area (TPSA) is 12.0 Å². The molecule has 6 heteroatoms. The van der Waals surface area contributed by atoms with Crippen molar-refractivity contribution in [3.05, 3.63) is 53.0 Å². The van der Waals surface area contributed by atoms with Crippen molar-refractivity contribution in [2.75, 3.05) is 7.05 Å². The molecule has 0 radical (unpaired) electrons. The van der Waals surface area contributed by atoms with Gasteiger partial charge in [0.2, 0.25) is 0 Å². The van der Waals surface area contributed by atoms with Gasteiger partial charge in [0.1, 0.15) is 0 Å². The first kappa shape index (κ1) is 15.8. The van der Waals surface area contributed by atoms with E-state index in [1.54, 1.807) is 17.4 Å². The highest BCUT2D eigenvalue weighted by molar-refractivity contribution is 9.12. The number of hydrogen-bond acceptors (Lipinski definition) is 2. The molecule has 0 saturated heterocycles. The van der Waals surface area contributed by atoms with E-state index >= 15 is 0 Å². The summed E-state index contributed by atoms with van der Waals surface area (Å²) in [6.07, 6.45) is 0.814. The van der Waals surface area contributed by atoms with Crippen LogP contribution in [0.25, 0.3) is 0 Å². The van der Waals surface area contributed by atoms with Crippen molar-refractivity contribution in [2.45, 2.75) is 12.5 Å². The lowest BCUT2D eigenvalue weighted by Gasteiger charge is -2.17. The minimum atomic E-state index is 0.204. The van der Waals surface area contributed by atoms with Crippen LogP contribution in [0.1, 0.15) is 17.2 Å². The maximum atomic E-state index is 6.23. The number of thiophene rings is 1. The number of benzene rings is 1. The summed E-state index contributed by atoms with van der Waals surface area (Å²) in [5, 5.41) is 4.69. The molecule has 102 valence electrons. The Morgan fingerprint density at radius 3 is 2.53 bits per heavy atom. The van der Waals surface area contributed by atoms with Crippen molar-refractivity contribution in [3.63, 3.8) is 0 Å². The average Bonchev–Trinajstić information content (AvgIpc) is 2.68. The van der Waals surface area contributed by atoms with Gasteiger partial charge in [-0.05, 0) is 74.7 Å². The molecule has 1 atom stereocenters. The van der Waals surface area contributed by atoms with Crippen LogP contribution < -0.4 is 5.32 Å². The van der Waals surface area contributed by atoms with Gasteiger partial charge in [0.05, 0.1) is 7.57 Å². The van der Waals surface area contributed by atoms with Crippen LogP contribution in [0.5, 0.6) is 0 Å². The predicted octanol–water partition coefficient (Wildman–Crippen LogP) is 6.08. The molecule has 1 aromatic carbocycles. The summed E-state index contributed by atoms with van der Waals surface area (Å²) in [4.78, 5) is 0. The molecule has 1 unspecified atom stereocenters. The van der Waals surface area contributed by atoms with E-state index in [4.69, 9.17) is 23.2 Å². The number of halogens is 4. The Morgan fingerprint density at radius 1 is 1.26 bits per heavy atom. The fourth-order valence-corrected chi connectivity index (χ4v) is 5.32. The summed E-state index contributed by atoms with van der Waals surface area (Å²) in [6.45, 7) is 0. The number of nitrogens with one attached hydrogen (secondary N) is 1. The lowest BCUT2D eigenvalue weighted by atomic mass is 10.0. The third-order valence-corrected chi connectivity index (χ3v) is 5.82. The Bertz CT molecular complexity index is 586. The molecular formula is C13H11Br2Cl2NS. The number of rotatable bonds is 4. The first-order valence-corrected chi connectivity index (χ1v) is 8.73. The Morgan fingerprint density at radius 2 is 2.00 bits per heavy atom. The lowest BCUT2D eigenvalue weighted by molar-refractivity contribution is 0.592. The average molecular weight is 444 g/mol. The maximum Gasteiger partial charge on any atom is 0.0758 e. The molecule has 1 heterocycles. The third kappa shape index (κ3) is 3.96. The van der Waals surface area contributed by atoms with Gasteiger partial charge in [-0.15, -0.1) is 11.3 Å². The highest BCUT2D eigenvalue weighted by atomic mass is 79.9. The summed E-state index contributed by atoms with van der Waals surface area (Å²) < 4.78 is 2.24. The van der Waals surface area contributed by atoms with E-state index in [-0.39, 0.29) is 6.04 Å². The van der Waals surface area contributed by atoms with Gasteiger partial charge in [-0.1, -0.05) is 29.3 Å². The monoisotopic (exact) mass is 441 g/mol. The minimum absolute atomic E-state index is 0.204. The second kappa shape index (κ2) is 6.92. The van der Waals surface area contributed by atoms with Crippen LogP contribution in [0.3, 0.4) is 0 Å². The number of hydrogen-bond donors (Lipinski definition) is 1. The summed E-state index contributed by atoms with van der Waals surface area (Å²) in [6, 6.07) is 7.96. The smallest absolute Gasteiger partial charge is 0.0758 e. The lowest BCUT2D eigenvalue weighted by Crippen LogP contribution is -2.18. The van der Waals surface area contributed by atoms with Gasteiger partial charge < -0.3 is 5.32 Å². The molecule has 0 amide bonds. The predicted molar refractivity (Wildman–Crippen MR) is 91.7 cm³/mol. The van der Waals surface area contributed by atoms with Crippen molar-refractivity contribution >= 4 is 66.4 Å². The van der Waals surface area contributed by atoms with Crippen molar-refractivity contribution in [3.8, 4) is 0 Å². The standard InChI is InChI=1S/C13H11Br2Cl2NS/c1-18-11(9-6-12(14)19-13(9)15)4-7-2-3-8(16)5-10(7)17/h2-3,5-6,11,18H,4H2,1H3. The second-order valence-corrected chi connectivity index (χ2v) is 8.65. The van der Waals surface area contributed by atoms with E-state index in [1.165, 1.54) is 5.56 Å². The van der Waals surface area contributed by atoms with Gasteiger partial charge in [-0.2, -0.15) is 0 Å². The van der Waals surface area contributed by atoms with Gasteiger partial charge in [-0.25, -0.2) is 0 Å². The zero-order valence-electron chi connectivity index (χ0n) is 10.0. The molecule has 0 fully saturated rings. The zero-order chi connectivity index (χ0) is 14.0. The molecule has 0 spiro atoms. The molecule has 1 aromatic heterocycles. The van der Waals surface area contributed by atoms with Crippen molar-refractivity contribution in [2.24, 2.45) is 0 Å². The molecule has 0 saturated carbocycles. The molecule has 19 heavy (non-hydrogen) atoms. The maximum absolute atomic E-state index is 6.23. The van der Waals surface area contributed by atoms with E-state index in [0.29, 0.717) is 10.0 Å². The summed E-state index contributed by atoms with van der Waals surface area (Å²) >= 11 is 20.9. The molecule has 2 rings (SSSR count). The highest BCUT2D eigenvalue weighted by Gasteiger charge is 2.17. The van der Waals surface area contributed by atoms with Crippen LogP contribution in [0.2, 0.25) is 10.0 Å². The molecule has 2 aromatic rings. The van der Waals surface area contributed by atoms with Crippen molar-refractivity contribution in [1.29, 1.82) is 0 Å². The van der Waals surface area contributed by atoms with Crippen LogP contribution in [-0.4, -0.2) is 7.05 Å². The molecular weight excluding hydrogens is 433 g/mol. The first-order chi connectivity index (χ1) is 9.01. The quantitative estimate of drug-likeness (QED) is 0.603. The van der Waals surface area contributed by atoms with Crippen LogP contribution in [0.4, 0.5) is 0 Å². The molecule has 0 aliphatic rings. The normalized spacial score (nSPS) is 12.7. The van der Waals surface area contributed by atoms with Gasteiger partial charge in [0, 0.05) is 16.1 Å². The van der Waals surface area contributed by atoms with E-state index in [9.17, 15) is 0 Å². The molecule has 0 aliphatic heterocycles. The summed E-state index contributed by atoms with van der Waals surface area (Å²) in [7, 11) is 1.95. The fourth-order valence-electron chi connectivity index (χ4n) is 1.87. The van der Waals surface area contributed by atoms with Gasteiger partial charge in [-0.3, -0.25) is 0 Å². The van der Waals surface area contributed by atoms with Crippen LogP contribution in [-0.2, 0) is 6.42 Å². The molecule has 0 aliphatic carbocycles. The van der Waals surface area contributed by atoms with Crippen LogP contribution >= 0.6 is 66.4 Å². The Kier molecular flexibility index (Phi) is 5.76. The van der Waals surface area contributed by atoms with E-state index in [2.05, 4.69) is 43.2 Å². The third-order valence-electron chi connectivity index (χ3n) is 2.85. The second-order valence-electron chi connectivity index (χ2n) is 4.06. The van der Waals surface area contributed by atoms with Gasteiger partial charge in [0.15, 0.2) is 0 Å². The Labute approximate surface area is 143 Å². The molecule has 1 nitrogen and oxygen atoms in total. The fraction of sp³-hybridized carbons (Fsp3) is 0.231. The first-order valence-electron chi connectivity index (χ1n) is 5.57. The van der Waals surface area contributed by atoms with Gasteiger partial charge >= 0.3 is 0 Å². The van der Waals surface area contributed by atoms with Crippen molar-refractivity contribution in [1.82, 2.24) is 5.32 Å². The van der Waals surface area contributed by atoms with E-state index in [1.807, 2.05) is 19.2 Å². The zero-order valence-corrected chi connectivity index (χ0v) is 15.5. The van der Waals surface area contributed by atoms with Crippen molar-refractivity contribution < 1.29 is 0 Å². The highest BCUT2D eigenvalue weighted by Crippen LogP contribution is 2.37. The minimum Gasteiger partial charge on any atom is -0.313 e. The van der Waals surface area contributed by atoms with E-state index in [0.717, 1.165) is 19.6 Å². The van der Waals surface area contributed by atoms with Crippen LogP contribution in [0.15, 0.2) is 31.8 Å². The Hall–Kier alpha value is 0.420. The number of likely N-dealkylation sites (N-methyl/N-ethyl adjacent to an activating group) is 1. The molecule has 1 N–H and O–H groups in total. The summed E-state index contributed by atoms with van der Waals surface area (Å²) in [5.74, 6) is 0.